The minimum absolute atomic E-state index is 0.261. The van der Waals surface area contributed by atoms with Gasteiger partial charge in [-0.15, -0.1) is 0 Å². The molecule has 3 aromatic carbocycles. The molecule has 0 unspecified atom stereocenters. The van der Waals surface area contributed by atoms with Gasteiger partial charge in [0.2, 0.25) is 11.8 Å². The van der Waals surface area contributed by atoms with Crippen LogP contribution < -0.4 is 15.5 Å². The number of carbonyl (C=O) groups excluding carboxylic acids is 2. The van der Waals surface area contributed by atoms with Gasteiger partial charge in [-0.25, -0.2) is 5.43 Å². The Hall–Kier alpha value is -3.96. The fourth-order valence-electron chi connectivity index (χ4n) is 3.13. The van der Waals surface area contributed by atoms with E-state index in [4.69, 9.17) is 4.74 Å². The van der Waals surface area contributed by atoms with Gasteiger partial charge in [-0.1, -0.05) is 43.3 Å². The van der Waals surface area contributed by atoms with Gasteiger partial charge in [-0.2, -0.15) is 10.4 Å². The Kier molecular flexibility index (Phi) is 8.95. The minimum atomic E-state index is -0.516. The predicted molar refractivity (Wildman–Crippen MR) is 134 cm³/mol. The number of carbonyl (C=O) groups is 2. The molecular weight excluding hydrogens is 496 g/mol. The second kappa shape index (κ2) is 12.3. The lowest BCUT2D eigenvalue weighted by atomic mass is 10.1. The molecule has 7 nitrogen and oxygen atoms in total. The van der Waals surface area contributed by atoms with Gasteiger partial charge >= 0.3 is 0 Å². The molecule has 0 saturated carbocycles. The lowest BCUT2D eigenvalue weighted by molar-refractivity contribution is -0.126. The summed E-state index contributed by atoms with van der Waals surface area (Å²) in [4.78, 5) is 24.2. The van der Waals surface area contributed by atoms with Crippen LogP contribution in [0.15, 0.2) is 76.3 Å². The van der Waals surface area contributed by atoms with Crippen molar-refractivity contribution in [2.24, 2.45) is 5.10 Å². The highest BCUT2D eigenvalue weighted by atomic mass is 79.9. The molecule has 0 heterocycles. The highest BCUT2D eigenvalue weighted by Crippen LogP contribution is 2.26. The Morgan fingerprint density at radius 1 is 1.06 bits per heavy atom. The largest absolute Gasteiger partial charge is 0.488 e. The number of nitriles is 1. The van der Waals surface area contributed by atoms with E-state index in [9.17, 15) is 14.9 Å². The Balaban J connectivity index is 1.50. The summed E-state index contributed by atoms with van der Waals surface area (Å²) in [5.74, 6) is -0.313. The van der Waals surface area contributed by atoms with Gasteiger partial charge in [0.15, 0.2) is 0 Å². The van der Waals surface area contributed by atoms with E-state index in [1.165, 1.54) is 6.21 Å². The first-order chi connectivity index (χ1) is 16.5. The highest BCUT2D eigenvalue weighted by molar-refractivity contribution is 9.10. The average molecular weight is 519 g/mol. The van der Waals surface area contributed by atoms with Gasteiger partial charge in [0.1, 0.15) is 18.8 Å². The second-order valence-corrected chi connectivity index (χ2v) is 8.13. The third kappa shape index (κ3) is 7.02. The van der Waals surface area contributed by atoms with Gasteiger partial charge in [-0.3, -0.25) is 9.59 Å². The van der Waals surface area contributed by atoms with Crippen LogP contribution in [0.4, 0.5) is 5.69 Å². The third-order valence-electron chi connectivity index (χ3n) is 4.87. The van der Waals surface area contributed by atoms with Crippen molar-refractivity contribution in [1.82, 2.24) is 5.43 Å². The van der Waals surface area contributed by atoms with Crippen LogP contribution in [0.2, 0.25) is 0 Å². The van der Waals surface area contributed by atoms with Crippen molar-refractivity contribution >= 4 is 39.6 Å². The number of ether oxygens (including phenoxy) is 1. The van der Waals surface area contributed by atoms with E-state index in [2.05, 4.69) is 37.8 Å². The molecule has 0 fully saturated rings. The van der Waals surface area contributed by atoms with Gasteiger partial charge in [0.05, 0.1) is 22.3 Å². The maximum atomic E-state index is 12.1. The molecule has 0 aliphatic carbocycles. The number of anilines is 1. The molecule has 0 spiro atoms. The Labute approximate surface area is 206 Å². The average Bonchev–Trinajstić information content (AvgIpc) is 2.84. The first-order valence-electron chi connectivity index (χ1n) is 10.6. The van der Waals surface area contributed by atoms with Crippen molar-refractivity contribution in [2.75, 3.05) is 5.32 Å². The number of nitrogens with zero attached hydrogens (tertiary/aromatic N) is 2. The summed E-state index contributed by atoms with van der Waals surface area (Å²) in [7, 11) is 0. The van der Waals surface area contributed by atoms with E-state index in [0.29, 0.717) is 21.5 Å². The molecule has 3 rings (SSSR count). The molecule has 2 amide bonds. The lowest BCUT2D eigenvalue weighted by Crippen LogP contribution is -2.25. The fourth-order valence-corrected chi connectivity index (χ4v) is 3.65. The van der Waals surface area contributed by atoms with Crippen LogP contribution in [0.1, 0.15) is 35.6 Å². The summed E-state index contributed by atoms with van der Waals surface area (Å²) in [5, 5.41) is 15.9. The number of hydrogen-bond donors (Lipinski definition) is 2. The number of para-hydroxylation sites is 1. The molecule has 0 aliphatic rings. The maximum absolute atomic E-state index is 12.1. The number of halogens is 1. The molecule has 0 aliphatic heterocycles. The molecule has 2 N–H and O–H groups in total. The van der Waals surface area contributed by atoms with E-state index < -0.39 is 11.8 Å². The lowest BCUT2D eigenvalue weighted by Gasteiger charge is -2.10. The van der Waals surface area contributed by atoms with Crippen molar-refractivity contribution in [1.29, 1.82) is 5.26 Å². The molecule has 8 heteroatoms. The molecule has 34 heavy (non-hydrogen) atoms. The first-order valence-corrected chi connectivity index (χ1v) is 11.4. The zero-order valence-corrected chi connectivity index (χ0v) is 20.1. The van der Waals surface area contributed by atoms with E-state index >= 15 is 0 Å². The van der Waals surface area contributed by atoms with Crippen LogP contribution in [-0.4, -0.2) is 18.0 Å². The van der Waals surface area contributed by atoms with Gasteiger partial charge in [-0.05, 0) is 63.8 Å². The fraction of sp³-hybridized carbons (Fsp3) is 0.154. The van der Waals surface area contributed by atoms with Crippen molar-refractivity contribution in [3.8, 4) is 11.8 Å². The summed E-state index contributed by atoms with van der Waals surface area (Å²) in [6.45, 7) is 2.26. The second-order valence-electron chi connectivity index (χ2n) is 7.28. The molecule has 172 valence electrons. The van der Waals surface area contributed by atoms with Gasteiger partial charge in [0.25, 0.3) is 0 Å². The van der Waals surface area contributed by atoms with Crippen molar-refractivity contribution in [3.05, 3.63) is 93.5 Å². The summed E-state index contributed by atoms with van der Waals surface area (Å²) in [6.07, 6.45) is 1.91. The number of hydrogen-bond acceptors (Lipinski definition) is 5. The Bertz CT molecular complexity index is 1250. The quantitative estimate of drug-likeness (QED) is 0.237. The third-order valence-corrected chi connectivity index (χ3v) is 5.49. The SMILES string of the molecule is CCc1ccccc1NC(=O)CC(=O)NN=Cc1ccc(OCc2ccccc2C#N)c(Br)c1. The van der Waals surface area contributed by atoms with E-state index in [-0.39, 0.29) is 13.0 Å². The van der Waals surface area contributed by atoms with E-state index in [0.717, 1.165) is 23.1 Å². The van der Waals surface area contributed by atoms with E-state index in [1.54, 1.807) is 30.3 Å². The molecular formula is C26H23BrN4O3. The maximum Gasteiger partial charge on any atom is 0.249 e. The molecule has 0 radical (unpaired) electrons. The van der Waals surface area contributed by atoms with Crippen LogP contribution in [0, 0.1) is 11.3 Å². The van der Waals surface area contributed by atoms with Crippen LogP contribution in [0.5, 0.6) is 5.75 Å². The molecule has 0 aromatic heterocycles. The smallest absolute Gasteiger partial charge is 0.249 e. The summed E-state index contributed by atoms with van der Waals surface area (Å²) in [5.41, 5.74) is 6.16. The number of aryl methyl sites for hydroxylation is 1. The topological polar surface area (TPSA) is 104 Å². The van der Waals surface area contributed by atoms with Gasteiger partial charge in [0, 0.05) is 11.3 Å². The van der Waals surface area contributed by atoms with E-state index in [1.807, 2.05) is 43.3 Å². The summed E-state index contributed by atoms with van der Waals surface area (Å²) < 4.78 is 6.52. The Morgan fingerprint density at radius 3 is 2.53 bits per heavy atom. The van der Waals surface area contributed by atoms with Crippen LogP contribution >= 0.6 is 15.9 Å². The van der Waals surface area contributed by atoms with Crippen LogP contribution in [-0.2, 0) is 22.6 Å². The standard InChI is InChI=1S/C26H23BrN4O3/c1-2-19-7-5-6-10-23(19)30-25(32)14-26(33)31-29-16-18-11-12-24(22(27)13-18)34-17-21-9-4-3-8-20(21)15-28/h3-13,16H,2,14,17H2,1H3,(H,30,32)(H,31,33). The number of benzene rings is 3. The highest BCUT2D eigenvalue weighted by Gasteiger charge is 2.11. The minimum Gasteiger partial charge on any atom is -0.488 e. The zero-order chi connectivity index (χ0) is 24.3. The summed E-state index contributed by atoms with van der Waals surface area (Å²) >= 11 is 3.46. The van der Waals surface area contributed by atoms with Gasteiger partial charge < -0.3 is 10.1 Å². The number of amides is 2. The van der Waals surface area contributed by atoms with Crippen molar-refractivity contribution in [2.45, 2.75) is 26.4 Å². The van der Waals surface area contributed by atoms with Crippen molar-refractivity contribution < 1.29 is 14.3 Å². The van der Waals surface area contributed by atoms with Crippen molar-refractivity contribution in [3.63, 3.8) is 0 Å². The zero-order valence-electron chi connectivity index (χ0n) is 18.5. The summed E-state index contributed by atoms with van der Waals surface area (Å²) in [6, 6.07) is 22.2. The van der Waals surface area contributed by atoms with Crippen LogP contribution in [0.3, 0.4) is 0 Å². The molecule has 0 bridgehead atoms. The molecule has 3 aromatic rings. The van der Waals surface area contributed by atoms with Crippen LogP contribution in [0.25, 0.3) is 0 Å². The monoisotopic (exact) mass is 518 g/mol. The first kappa shape index (κ1) is 24.7. The predicted octanol–water partition coefficient (Wildman–Crippen LogP) is 4.94. The number of rotatable bonds is 9. The number of hydrazone groups is 1. The number of nitrogens with one attached hydrogen (secondary N) is 2. The normalized spacial score (nSPS) is 10.5. The molecule has 0 saturated heterocycles. The Morgan fingerprint density at radius 2 is 1.79 bits per heavy atom. The molecule has 0 atom stereocenters.